The summed E-state index contributed by atoms with van der Waals surface area (Å²) < 4.78 is 2.55. The molecule has 0 saturated carbocycles. The van der Waals surface area contributed by atoms with Crippen molar-refractivity contribution in [3.8, 4) is 0 Å². The minimum Gasteiger partial charge on any atom is -0.354 e. The van der Waals surface area contributed by atoms with Crippen molar-refractivity contribution in [2.75, 3.05) is 12.8 Å². The van der Waals surface area contributed by atoms with Crippen LogP contribution in [0.25, 0.3) is 11.0 Å². The summed E-state index contributed by atoms with van der Waals surface area (Å²) in [5.41, 5.74) is 0.967. The lowest BCUT2D eigenvalue weighted by Gasteiger charge is -2.12. The summed E-state index contributed by atoms with van der Waals surface area (Å²) in [6.07, 6.45) is 2.73. The number of aryl methyl sites for hydroxylation is 1. The van der Waals surface area contributed by atoms with Crippen molar-refractivity contribution in [2.45, 2.75) is 17.9 Å². The second kappa shape index (κ2) is 8.26. The lowest BCUT2D eigenvalue weighted by atomic mass is 10.1. The van der Waals surface area contributed by atoms with E-state index in [1.165, 1.54) is 14.0 Å². The van der Waals surface area contributed by atoms with E-state index >= 15 is 0 Å². The largest absolute Gasteiger partial charge is 0.354 e. The van der Waals surface area contributed by atoms with Crippen LogP contribution in [0.5, 0.6) is 0 Å². The Morgan fingerprint density at radius 2 is 1.67 bits per heavy atom. The molecule has 0 unspecified atom stereocenters. The summed E-state index contributed by atoms with van der Waals surface area (Å²) >= 11 is 1.68. The Hall–Kier alpha value is -2.80. The third kappa shape index (κ3) is 4.14. The maximum Gasteiger partial charge on any atom is 0.317 e. The van der Waals surface area contributed by atoms with Gasteiger partial charge in [0.2, 0.25) is 5.91 Å². The summed E-state index contributed by atoms with van der Waals surface area (Å²) in [5, 5.41) is 2.82. The number of hydrogen-bond donors (Lipinski definition) is 1. The summed E-state index contributed by atoms with van der Waals surface area (Å²) in [4.78, 5) is 38.0. The molecule has 0 spiro atoms. The molecule has 0 radical (unpaired) electrons. The predicted molar refractivity (Wildman–Crippen MR) is 108 cm³/mol. The van der Waals surface area contributed by atoms with E-state index in [2.05, 4.69) is 5.32 Å². The molecule has 0 aliphatic heterocycles. The Bertz CT molecular complexity index is 1080. The molecule has 7 heteroatoms. The van der Waals surface area contributed by atoms with Gasteiger partial charge in [-0.1, -0.05) is 24.3 Å². The number of fused-ring (bicyclic) bond motifs is 1. The van der Waals surface area contributed by atoms with Crippen LogP contribution in [0.15, 0.2) is 63.0 Å². The second-order valence-corrected chi connectivity index (χ2v) is 7.07. The molecule has 1 heterocycles. The van der Waals surface area contributed by atoms with Gasteiger partial charge in [-0.05, 0) is 42.5 Å². The van der Waals surface area contributed by atoms with E-state index < -0.39 is 11.1 Å². The van der Waals surface area contributed by atoms with E-state index in [0.29, 0.717) is 24.0 Å². The Kier molecular flexibility index (Phi) is 5.81. The van der Waals surface area contributed by atoms with Crippen LogP contribution < -0.4 is 16.4 Å². The molecule has 0 atom stereocenters. The highest BCUT2D eigenvalue weighted by atomic mass is 32.2. The Morgan fingerprint density at radius 3 is 2.33 bits per heavy atom. The molecule has 6 nitrogen and oxygen atoms in total. The fourth-order valence-corrected chi connectivity index (χ4v) is 3.36. The summed E-state index contributed by atoms with van der Waals surface area (Å²) in [6, 6.07) is 15.2. The molecule has 2 aromatic carbocycles. The number of nitrogens with one attached hydrogen (secondary N) is 1. The molecule has 0 bridgehead atoms. The summed E-state index contributed by atoms with van der Waals surface area (Å²) in [5.74, 6) is -0.295. The number of hydrogen-bond acceptors (Lipinski definition) is 4. The first kappa shape index (κ1) is 19.0. The van der Waals surface area contributed by atoms with E-state index in [-0.39, 0.29) is 12.5 Å². The topological polar surface area (TPSA) is 73.1 Å². The zero-order valence-electron chi connectivity index (χ0n) is 15.3. The minimum absolute atomic E-state index is 0.180. The van der Waals surface area contributed by atoms with Gasteiger partial charge in [-0.25, -0.2) is 0 Å². The molecule has 0 saturated heterocycles. The van der Waals surface area contributed by atoms with E-state index in [0.717, 1.165) is 5.56 Å². The van der Waals surface area contributed by atoms with Gasteiger partial charge in [-0.2, -0.15) is 0 Å². The molecular formula is C20H21N3O3S. The average molecular weight is 383 g/mol. The molecule has 0 fully saturated rings. The lowest BCUT2D eigenvalue weighted by Crippen LogP contribution is -2.43. The molecule has 140 valence electrons. The van der Waals surface area contributed by atoms with E-state index in [4.69, 9.17) is 0 Å². The SMILES string of the molecule is CSc1ccc(CCNC(=O)Cn2c(=O)c(=O)n(C)c3ccccc32)cc1. The number of thioether (sulfide) groups is 1. The summed E-state index contributed by atoms with van der Waals surface area (Å²) in [6.45, 7) is 0.288. The zero-order valence-corrected chi connectivity index (χ0v) is 16.1. The first-order valence-electron chi connectivity index (χ1n) is 8.59. The maximum atomic E-state index is 12.3. The van der Waals surface area contributed by atoms with Crippen molar-refractivity contribution in [1.29, 1.82) is 0 Å². The molecule has 1 N–H and O–H groups in total. The second-order valence-electron chi connectivity index (χ2n) is 6.19. The molecule has 1 amide bonds. The number of nitrogens with zero attached hydrogens (tertiary/aromatic N) is 2. The zero-order chi connectivity index (χ0) is 19.4. The van der Waals surface area contributed by atoms with Crippen LogP contribution in [-0.2, 0) is 24.8 Å². The average Bonchev–Trinajstić information content (AvgIpc) is 2.70. The molecule has 0 aliphatic rings. The number of benzene rings is 2. The van der Waals surface area contributed by atoms with Crippen LogP contribution in [0, 0.1) is 0 Å². The van der Waals surface area contributed by atoms with Gasteiger partial charge in [0.15, 0.2) is 0 Å². The van der Waals surface area contributed by atoms with E-state index in [1.54, 1.807) is 43.1 Å². The third-order valence-electron chi connectivity index (χ3n) is 4.46. The molecule has 3 rings (SSSR count). The molecular weight excluding hydrogens is 362 g/mol. The van der Waals surface area contributed by atoms with Crippen molar-refractivity contribution in [2.24, 2.45) is 7.05 Å². The minimum atomic E-state index is -0.695. The van der Waals surface area contributed by atoms with E-state index in [9.17, 15) is 14.4 Å². The number of carbonyl (C=O) groups excluding carboxylic acids is 1. The van der Waals surface area contributed by atoms with Crippen LogP contribution in [0.4, 0.5) is 0 Å². The monoisotopic (exact) mass is 383 g/mol. The van der Waals surface area contributed by atoms with Gasteiger partial charge in [-0.15, -0.1) is 11.8 Å². The van der Waals surface area contributed by atoms with Crippen LogP contribution in [-0.4, -0.2) is 27.8 Å². The van der Waals surface area contributed by atoms with Crippen molar-refractivity contribution in [1.82, 2.24) is 14.5 Å². The van der Waals surface area contributed by atoms with Gasteiger partial charge < -0.3 is 9.88 Å². The molecule has 27 heavy (non-hydrogen) atoms. The van der Waals surface area contributed by atoms with Crippen LogP contribution in [0.3, 0.4) is 0 Å². The molecule has 0 aliphatic carbocycles. The smallest absolute Gasteiger partial charge is 0.317 e. The molecule has 3 aromatic rings. The van der Waals surface area contributed by atoms with Gasteiger partial charge in [-0.3, -0.25) is 19.0 Å². The maximum absolute atomic E-state index is 12.3. The van der Waals surface area contributed by atoms with Gasteiger partial charge in [0.05, 0.1) is 11.0 Å². The normalized spacial score (nSPS) is 10.9. The quantitative estimate of drug-likeness (QED) is 0.520. The first-order chi connectivity index (χ1) is 13.0. The van der Waals surface area contributed by atoms with Crippen molar-refractivity contribution in [3.63, 3.8) is 0 Å². The van der Waals surface area contributed by atoms with Crippen molar-refractivity contribution >= 4 is 28.7 Å². The van der Waals surface area contributed by atoms with Crippen LogP contribution >= 0.6 is 11.8 Å². The number of carbonyl (C=O) groups is 1. The Morgan fingerprint density at radius 1 is 1.00 bits per heavy atom. The highest BCUT2D eigenvalue weighted by molar-refractivity contribution is 7.98. The van der Waals surface area contributed by atoms with Crippen molar-refractivity contribution in [3.05, 3.63) is 74.8 Å². The van der Waals surface area contributed by atoms with E-state index in [1.807, 2.05) is 30.5 Å². The first-order valence-corrected chi connectivity index (χ1v) is 9.82. The summed E-state index contributed by atoms with van der Waals surface area (Å²) in [7, 11) is 1.55. The Balaban J connectivity index is 1.71. The third-order valence-corrected chi connectivity index (χ3v) is 5.21. The number of rotatable bonds is 6. The number of aromatic nitrogens is 2. The van der Waals surface area contributed by atoms with Gasteiger partial charge in [0, 0.05) is 18.5 Å². The van der Waals surface area contributed by atoms with Gasteiger partial charge in [0.1, 0.15) is 6.54 Å². The molecule has 1 aromatic heterocycles. The predicted octanol–water partition coefficient (Wildman–Crippen LogP) is 1.78. The highest BCUT2D eigenvalue weighted by Crippen LogP contribution is 2.15. The fraction of sp³-hybridized carbons (Fsp3) is 0.250. The van der Waals surface area contributed by atoms with Crippen LogP contribution in [0.2, 0.25) is 0 Å². The highest BCUT2D eigenvalue weighted by Gasteiger charge is 2.13. The number of amides is 1. The number of para-hydroxylation sites is 2. The lowest BCUT2D eigenvalue weighted by molar-refractivity contribution is -0.121. The van der Waals surface area contributed by atoms with Gasteiger partial charge >= 0.3 is 11.1 Å². The fourth-order valence-electron chi connectivity index (χ4n) is 2.95. The standard InChI is InChI=1S/C20H21N3O3S/c1-22-16-5-3-4-6-17(16)23(20(26)19(22)25)13-18(24)21-12-11-14-7-9-15(27-2)10-8-14/h3-10H,11-13H2,1-2H3,(H,21,24). The Labute approximate surface area is 160 Å². The van der Waals surface area contributed by atoms with Crippen molar-refractivity contribution < 1.29 is 4.79 Å². The van der Waals surface area contributed by atoms with Gasteiger partial charge in [0.25, 0.3) is 0 Å². The van der Waals surface area contributed by atoms with Crippen LogP contribution in [0.1, 0.15) is 5.56 Å².